The van der Waals surface area contributed by atoms with E-state index in [0.29, 0.717) is 12.5 Å². The van der Waals surface area contributed by atoms with E-state index in [1.807, 2.05) is 43.0 Å². The molecule has 0 amide bonds. The Morgan fingerprint density at radius 2 is 1.95 bits per heavy atom. The first-order valence-corrected chi connectivity index (χ1v) is 6.85. The highest BCUT2D eigenvalue weighted by Crippen LogP contribution is 2.17. The van der Waals surface area contributed by atoms with Gasteiger partial charge in [-0.3, -0.25) is 0 Å². The van der Waals surface area contributed by atoms with E-state index in [-0.39, 0.29) is 6.10 Å². The first-order valence-electron chi connectivity index (χ1n) is 6.85. The summed E-state index contributed by atoms with van der Waals surface area (Å²) in [6.07, 6.45) is 0.00946. The Morgan fingerprint density at radius 1 is 1.32 bits per heavy atom. The summed E-state index contributed by atoms with van der Waals surface area (Å²) in [7, 11) is 0. The average Bonchev–Trinajstić information content (AvgIpc) is 2.40. The molecule has 0 aromatic heterocycles. The van der Waals surface area contributed by atoms with Crippen LogP contribution in [0.5, 0.6) is 5.75 Å². The van der Waals surface area contributed by atoms with Gasteiger partial charge in [-0.25, -0.2) is 4.99 Å². The summed E-state index contributed by atoms with van der Waals surface area (Å²) < 4.78 is 5.86. The molecule has 4 nitrogen and oxygen atoms in total. The lowest BCUT2D eigenvalue weighted by Gasteiger charge is -2.20. The predicted molar refractivity (Wildman–Crippen MR) is 80.7 cm³/mol. The van der Waals surface area contributed by atoms with Gasteiger partial charge < -0.3 is 15.4 Å². The molecule has 0 saturated heterocycles. The highest BCUT2D eigenvalue weighted by molar-refractivity contribution is 5.78. The van der Waals surface area contributed by atoms with E-state index in [0.717, 1.165) is 24.4 Å². The van der Waals surface area contributed by atoms with Gasteiger partial charge >= 0.3 is 0 Å². The monoisotopic (exact) mass is 263 g/mol. The van der Waals surface area contributed by atoms with E-state index < -0.39 is 0 Å². The Balaban J connectivity index is 2.54. The lowest BCUT2D eigenvalue weighted by molar-refractivity contribution is 0.228. The van der Waals surface area contributed by atoms with Crippen LogP contribution in [0.3, 0.4) is 0 Å². The third-order valence-electron chi connectivity index (χ3n) is 3.02. The minimum atomic E-state index is 0.00946. The molecule has 0 aliphatic carbocycles. The van der Waals surface area contributed by atoms with Crippen LogP contribution in [0.15, 0.2) is 29.3 Å². The van der Waals surface area contributed by atoms with Gasteiger partial charge in [0.2, 0.25) is 0 Å². The molecule has 0 heterocycles. The van der Waals surface area contributed by atoms with Crippen LogP contribution in [0.1, 0.15) is 26.3 Å². The summed E-state index contributed by atoms with van der Waals surface area (Å²) in [5.74, 6) is 1.50. The zero-order valence-electron chi connectivity index (χ0n) is 12.4. The summed E-state index contributed by atoms with van der Waals surface area (Å²) in [6.45, 7) is 10.5. The maximum Gasteiger partial charge on any atom is 0.191 e. The fourth-order valence-corrected chi connectivity index (χ4v) is 1.81. The summed E-state index contributed by atoms with van der Waals surface area (Å²) in [6, 6.07) is 7.99. The molecule has 0 aliphatic heterocycles. The van der Waals surface area contributed by atoms with Crippen LogP contribution in [0, 0.1) is 6.92 Å². The van der Waals surface area contributed by atoms with E-state index in [1.165, 1.54) is 0 Å². The van der Waals surface area contributed by atoms with Crippen LogP contribution in [0.4, 0.5) is 0 Å². The number of rotatable bonds is 6. The first kappa shape index (κ1) is 15.3. The number of aryl methyl sites for hydroxylation is 1. The topological polar surface area (TPSA) is 50.8 Å². The van der Waals surface area contributed by atoms with Crippen LogP contribution in [0.2, 0.25) is 0 Å². The highest BCUT2D eigenvalue weighted by atomic mass is 16.5. The van der Waals surface area contributed by atoms with Crippen molar-refractivity contribution >= 4 is 5.96 Å². The Labute approximate surface area is 116 Å². The number of hydrogen-bond donors (Lipinski definition) is 1. The molecule has 1 unspecified atom stereocenters. The number of nitrogens with zero attached hydrogens (tertiary/aromatic N) is 2. The zero-order chi connectivity index (χ0) is 14.3. The average molecular weight is 263 g/mol. The molecule has 1 aromatic carbocycles. The molecule has 0 aliphatic rings. The molecule has 0 saturated carbocycles. The lowest BCUT2D eigenvalue weighted by Crippen LogP contribution is -2.37. The molecule has 0 spiro atoms. The normalized spacial score (nSPS) is 13.2. The molecule has 1 atom stereocenters. The predicted octanol–water partition coefficient (Wildman–Crippen LogP) is 2.42. The molecule has 4 heteroatoms. The second-order valence-corrected chi connectivity index (χ2v) is 4.57. The van der Waals surface area contributed by atoms with Crippen molar-refractivity contribution in [3.8, 4) is 5.75 Å². The van der Waals surface area contributed by atoms with E-state index in [9.17, 15) is 0 Å². The first-order chi connectivity index (χ1) is 9.08. The van der Waals surface area contributed by atoms with E-state index in [4.69, 9.17) is 10.5 Å². The van der Waals surface area contributed by atoms with Crippen LogP contribution < -0.4 is 10.5 Å². The van der Waals surface area contributed by atoms with Crippen LogP contribution in [-0.4, -0.2) is 36.6 Å². The smallest absolute Gasteiger partial charge is 0.191 e. The number of benzene rings is 1. The van der Waals surface area contributed by atoms with Crippen LogP contribution >= 0.6 is 0 Å². The Morgan fingerprint density at radius 3 is 2.53 bits per heavy atom. The van der Waals surface area contributed by atoms with Crippen LogP contribution in [0.25, 0.3) is 0 Å². The zero-order valence-corrected chi connectivity index (χ0v) is 12.4. The Bertz CT molecular complexity index is 414. The van der Waals surface area contributed by atoms with Crippen molar-refractivity contribution in [2.45, 2.75) is 33.8 Å². The molecule has 1 aromatic rings. The minimum Gasteiger partial charge on any atom is -0.489 e. The quantitative estimate of drug-likeness (QED) is 0.633. The molecule has 0 radical (unpaired) electrons. The molecule has 106 valence electrons. The SMILES string of the molecule is CCN(CC)C(N)=NCC(C)Oc1ccccc1C. The Hall–Kier alpha value is -1.71. The minimum absolute atomic E-state index is 0.00946. The summed E-state index contributed by atoms with van der Waals surface area (Å²) >= 11 is 0. The van der Waals surface area contributed by atoms with Crippen molar-refractivity contribution in [3.05, 3.63) is 29.8 Å². The van der Waals surface area contributed by atoms with E-state index in [1.54, 1.807) is 0 Å². The number of aliphatic imine (C=N–C) groups is 1. The van der Waals surface area contributed by atoms with Crippen molar-refractivity contribution in [2.24, 2.45) is 10.7 Å². The van der Waals surface area contributed by atoms with Crippen molar-refractivity contribution in [1.82, 2.24) is 4.90 Å². The number of nitrogens with two attached hydrogens (primary N) is 1. The number of para-hydroxylation sites is 1. The number of hydrogen-bond acceptors (Lipinski definition) is 2. The van der Waals surface area contributed by atoms with E-state index in [2.05, 4.69) is 18.8 Å². The lowest BCUT2D eigenvalue weighted by atomic mass is 10.2. The van der Waals surface area contributed by atoms with Gasteiger partial charge in [-0.05, 0) is 39.3 Å². The van der Waals surface area contributed by atoms with Gasteiger partial charge in [0, 0.05) is 13.1 Å². The van der Waals surface area contributed by atoms with Crippen molar-refractivity contribution in [3.63, 3.8) is 0 Å². The van der Waals surface area contributed by atoms with E-state index >= 15 is 0 Å². The molecular formula is C15H25N3O. The number of ether oxygens (including phenoxy) is 1. The summed E-state index contributed by atoms with van der Waals surface area (Å²) in [5, 5.41) is 0. The molecule has 0 bridgehead atoms. The van der Waals surface area contributed by atoms with Crippen molar-refractivity contribution < 1.29 is 4.74 Å². The van der Waals surface area contributed by atoms with Gasteiger partial charge in [0.05, 0.1) is 6.54 Å². The second kappa shape index (κ2) is 7.67. The van der Waals surface area contributed by atoms with Crippen molar-refractivity contribution in [1.29, 1.82) is 0 Å². The van der Waals surface area contributed by atoms with Gasteiger partial charge in [0.25, 0.3) is 0 Å². The molecule has 0 fully saturated rings. The third-order valence-corrected chi connectivity index (χ3v) is 3.02. The molecule has 1 rings (SSSR count). The Kier molecular flexibility index (Phi) is 6.19. The standard InChI is InChI=1S/C15H25N3O/c1-5-18(6-2)15(16)17-11-13(4)19-14-10-8-7-9-12(14)3/h7-10,13H,5-6,11H2,1-4H3,(H2,16,17). The van der Waals surface area contributed by atoms with Gasteiger partial charge in [-0.1, -0.05) is 18.2 Å². The largest absolute Gasteiger partial charge is 0.489 e. The fourth-order valence-electron chi connectivity index (χ4n) is 1.81. The molecular weight excluding hydrogens is 238 g/mol. The number of guanidine groups is 1. The molecule has 2 N–H and O–H groups in total. The maximum absolute atomic E-state index is 5.93. The van der Waals surface area contributed by atoms with Gasteiger partial charge in [0.15, 0.2) is 5.96 Å². The van der Waals surface area contributed by atoms with Gasteiger partial charge in [-0.15, -0.1) is 0 Å². The molecule has 19 heavy (non-hydrogen) atoms. The summed E-state index contributed by atoms with van der Waals surface area (Å²) in [5.41, 5.74) is 7.07. The van der Waals surface area contributed by atoms with Crippen LogP contribution in [-0.2, 0) is 0 Å². The fraction of sp³-hybridized carbons (Fsp3) is 0.533. The van der Waals surface area contributed by atoms with Gasteiger partial charge in [0.1, 0.15) is 11.9 Å². The highest BCUT2D eigenvalue weighted by Gasteiger charge is 2.07. The van der Waals surface area contributed by atoms with Gasteiger partial charge in [-0.2, -0.15) is 0 Å². The second-order valence-electron chi connectivity index (χ2n) is 4.57. The van der Waals surface area contributed by atoms with Crippen molar-refractivity contribution in [2.75, 3.05) is 19.6 Å². The third kappa shape index (κ3) is 4.81. The summed E-state index contributed by atoms with van der Waals surface area (Å²) in [4.78, 5) is 6.42. The maximum atomic E-state index is 5.93.